The van der Waals surface area contributed by atoms with Crippen LogP contribution in [0.15, 0.2) is 58.3 Å². The van der Waals surface area contributed by atoms with Crippen LogP contribution in [0.25, 0.3) is 16.5 Å². The minimum absolute atomic E-state index is 0.168. The first kappa shape index (κ1) is 19.5. The van der Waals surface area contributed by atoms with E-state index in [1.807, 2.05) is 58.0 Å². The second-order valence-corrected chi connectivity index (χ2v) is 7.42. The van der Waals surface area contributed by atoms with Crippen LogP contribution in [0.5, 0.6) is 5.88 Å². The van der Waals surface area contributed by atoms with E-state index >= 15 is 0 Å². The lowest BCUT2D eigenvalue weighted by atomic mass is 10.1. The highest BCUT2D eigenvalue weighted by Crippen LogP contribution is 2.27. The van der Waals surface area contributed by atoms with Crippen molar-refractivity contribution in [3.8, 4) is 11.6 Å². The van der Waals surface area contributed by atoms with E-state index in [1.165, 1.54) is 10.8 Å². The monoisotopic (exact) mass is 398 g/mol. The minimum Gasteiger partial charge on any atom is -0.494 e. The summed E-state index contributed by atoms with van der Waals surface area (Å²) in [5.41, 5.74) is 4.38. The molecule has 6 heteroatoms. The van der Waals surface area contributed by atoms with Gasteiger partial charge in [0.25, 0.3) is 5.56 Å². The molecule has 30 heavy (non-hydrogen) atoms. The molecule has 1 N–H and O–H groups in total. The molecule has 4 rings (SSSR count). The Bertz CT molecular complexity index is 1350. The van der Waals surface area contributed by atoms with Gasteiger partial charge in [0.1, 0.15) is 0 Å². The Kier molecular flexibility index (Phi) is 4.91. The molecule has 6 nitrogen and oxygen atoms in total. The molecule has 0 aliphatic heterocycles. The maximum absolute atomic E-state index is 13.2. The van der Waals surface area contributed by atoms with Crippen molar-refractivity contribution in [2.75, 3.05) is 0 Å². The van der Waals surface area contributed by atoms with Crippen LogP contribution >= 0.6 is 0 Å². The summed E-state index contributed by atoms with van der Waals surface area (Å²) in [4.78, 5) is 26.3. The predicted octanol–water partition coefficient (Wildman–Crippen LogP) is 4.47. The number of benzene rings is 2. The van der Waals surface area contributed by atoms with Crippen LogP contribution in [-0.2, 0) is 0 Å². The molecule has 0 atom stereocenters. The molecule has 150 valence electrons. The molecule has 0 unspecified atom stereocenters. The Labute approximate surface area is 174 Å². The lowest BCUT2D eigenvalue weighted by molar-refractivity contribution is 0.436. The topological polar surface area (TPSA) is 80.4 Å². The lowest BCUT2D eigenvalue weighted by Gasteiger charge is -2.15. The molecule has 4 aromatic rings. The number of fused-ring (bicyclic) bond motifs is 1. The summed E-state index contributed by atoms with van der Waals surface area (Å²) in [7, 11) is 0. The van der Waals surface area contributed by atoms with Crippen molar-refractivity contribution in [2.24, 2.45) is 4.99 Å². The van der Waals surface area contributed by atoms with Crippen molar-refractivity contribution < 1.29 is 5.11 Å². The third-order valence-corrected chi connectivity index (χ3v) is 4.98. The second kappa shape index (κ2) is 7.55. The SMILES string of the molecule is Cc1ccc(-n2c(O)c(/C=N/c3nc(C)cc(C)n3)c3ccccc3c2=O)c(C)c1. The van der Waals surface area contributed by atoms with E-state index in [4.69, 9.17) is 0 Å². The molecule has 0 radical (unpaired) electrons. The average molecular weight is 398 g/mol. The van der Waals surface area contributed by atoms with Crippen molar-refractivity contribution in [2.45, 2.75) is 27.7 Å². The summed E-state index contributed by atoms with van der Waals surface area (Å²) in [5.74, 6) is 0.138. The van der Waals surface area contributed by atoms with Crippen LogP contribution in [0, 0.1) is 27.7 Å². The fourth-order valence-electron chi connectivity index (χ4n) is 3.66. The zero-order chi connectivity index (χ0) is 21.4. The number of aromatic nitrogens is 3. The van der Waals surface area contributed by atoms with E-state index in [2.05, 4.69) is 15.0 Å². The third kappa shape index (κ3) is 3.48. The van der Waals surface area contributed by atoms with Crippen molar-refractivity contribution in [3.05, 3.63) is 87.0 Å². The van der Waals surface area contributed by atoms with E-state index in [0.717, 1.165) is 22.5 Å². The average Bonchev–Trinajstić information content (AvgIpc) is 2.69. The zero-order valence-corrected chi connectivity index (χ0v) is 17.3. The number of pyridine rings is 1. The predicted molar refractivity (Wildman–Crippen MR) is 119 cm³/mol. The van der Waals surface area contributed by atoms with E-state index in [9.17, 15) is 9.90 Å². The highest BCUT2D eigenvalue weighted by molar-refractivity contribution is 6.02. The molecule has 0 saturated heterocycles. The van der Waals surface area contributed by atoms with Crippen molar-refractivity contribution >= 4 is 22.9 Å². The standard InChI is InChI=1S/C24H22N4O2/c1-14-9-10-21(15(2)11-14)28-22(29)19-8-6-5-7-18(19)20(23(28)30)13-25-24-26-16(3)12-17(4)27-24/h5-13,30H,1-4H3/b25-13+. The minimum atomic E-state index is -0.283. The van der Waals surface area contributed by atoms with Crippen molar-refractivity contribution in [3.63, 3.8) is 0 Å². The van der Waals surface area contributed by atoms with Gasteiger partial charge in [0.2, 0.25) is 11.8 Å². The van der Waals surface area contributed by atoms with Crippen LogP contribution in [0.2, 0.25) is 0 Å². The normalized spacial score (nSPS) is 11.5. The fourth-order valence-corrected chi connectivity index (χ4v) is 3.66. The Morgan fingerprint density at radius 1 is 0.933 bits per heavy atom. The molecule has 0 spiro atoms. The van der Waals surface area contributed by atoms with Gasteiger partial charge in [0.05, 0.1) is 11.3 Å². The van der Waals surface area contributed by atoms with Gasteiger partial charge in [-0.2, -0.15) is 0 Å². The third-order valence-electron chi connectivity index (χ3n) is 4.98. The van der Waals surface area contributed by atoms with Crippen LogP contribution in [0.3, 0.4) is 0 Å². The van der Waals surface area contributed by atoms with Gasteiger partial charge in [-0.3, -0.25) is 4.79 Å². The van der Waals surface area contributed by atoms with E-state index in [0.29, 0.717) is 28.0 Å². The van der Waals surface area contributed by atoms with Gasteiger partial charge in [0, 0.05) is 28.4 Å². The van der Waals surface area contributed by atoms with Crippen LogP contribution < -0.4 is 5.56 Å². The number of hydrogen-bond acceptors (Lipinski definition) is 5. The molecular formula is C24H22N4O2. The molecule has 0 aliphatic carbocycles. The first-order valence-corrected chi connectivity index (χ1v) is 9.66. The number of aliphatic imine (C=N–C) groups is 1. The summed E-state index contributed by atoms with van der Waals surface area (Å²) in [6.07, 6.45) is 1.52. The van der Waals surface area contributed by atoms with Gasteiger partial charge < -0.3 is 5.11 Å². The number of nitrogens with zero attached hydrogens (tertiary/aromatic N) is 4. The molecule has 0 saturated carbocycles. The summed E-state index contributed by atoms with van der Waals surface area (Å²) >= 11 is 0. The first-order chi connectivity index (χ1) is 14.3. The molecular weight excluding hydrogens is 376 g/mol. The van der Waals surface area contributed by atoms with Crippen LogP contribution in [0.1, 0.15) is 28.1 Å². The van der Waals surface area contributed by atoms with Crippen LogP contribution in [-0.4, -0.2) is 25.9 Å². The molecule has 2 aromatic carbocycles. The summed E-state index contributed by atoms with van der Waals surface area (Å²) in [6.45, 7) is 7.66. The van der Waals surface area contributed by atoms with Gasteiger partial charge in [-0.15, -0.1) is 0 Å². The number of rotatable bonds is 3. The molecule has 2 heterocycles. The van der Waals surface area contributed by atoms with Gasteiger partial charge in [-0.1, -0.05) is 35.9 Å². The number of hydrogen-bond donors (Lipinski definition) is 1. The maximum atomic E-state index is 13.2. The molecule has 0 fully saturated rings. The highest BCUT2D eigenvalue weighted by atomic mass is 16.3. The molecule has 2 aromatic heterocycles. The second-order valence-electron chi connectivity index (χ2n) is 7.42. The smallest absolute Gasteiger partial charge is 0.265 e. The van der Waals surface area contributed by atoms with E-state index < -0.39 is 0 Å². The first-order valence-electron chi connectivity index (χ1n) is 9.66. The van der Waals surface area contributed by atoms with Gasteiger partial charge in [-0.05, 0) is 51.5 Å². The Balaban J connectivity index is 1.99. The van der Waals surface area contributed by atoms with Gasteiger partial charge >= 0.3 is 0 Å². The number of aryl methyl sites for hydroxylation is 4. The van der Waals surface area contributed by atoms with Gasteiger partial charge in [0.15, 0.2) is 0 Å². The van der Waals surface area contributed by atoms with E-state index in [-0.39, 0.29) is 11.4 Å². The van der Waals surface area contributed by atoms with Crippen LogP contribution in [0.4, 0.5) is 5.95 Å². The molecule has 0 amide bonds. The lowest BCUT2D eigenvalue weighted by Crippen LogP contribution is -2.21. The Morgan fingerprint density at radius 3 is 2.27 bits per heavy atom. The quantitative estimate of drug-likeness (QED) is 0.516. The van der Waals surface area contributed by atoms with Gasteiger partial charge in [-0.25, -0.2) is 19.5 Å². The maximum Gasteiger partial charge on any atom is 0.265 e. The number of aromatic hydroxyl groups is 1. The molecule has 0 bridgehead atoms. The fraction of sp³-hybridized carbons (Fsp3) is 0.167. The largest absolute Gasteiger partial charge is 0.494 e. The highest BCUT2D eigenvalue weighted by Gasteiger charge is 2.17. The Morgan fingerprint density at radius 2 is 1.60 bits per heavy atom. The zero-order valence-electron chi connectivity index (χ0n) is 17.3. The molecule has 0 aliphatic rings. The van der Waals surface area contributed by atoms with E-state index in [1.54, 1.807) is 18.2 Å². The van der Waals surface area contributed by atoms with Crippen molar-refractivity contribution in [1.29, 1.82) is 0 Å². The summed E-state index contributed by atoms with van der Waals surface area (Å²) in [5, 5.41) is 12.3. The Hall–Kier alpha value is -3.80. The summed E-state index contributed by atoms with van der Waals surface area (Å²) in [6, 6.07) is 14.8. The van der Waals surface area contributed by atoms with Crippen molar-refractivity contribution in [1.82, 2.24) is 14.5 Å². The summed E-state index contributed by atoms with van der Waals surface area (Å²) < 4.78 is 1.33.